The average molecular weight is 534 g/mol. The number of nitrogens with one attached hydrogen (secondary N) is 2. The van der Waals surface area contributed by atoms with E-state index in [9.17, 15) is 19.2 Å². The fourth-order valence-corrected chi connectivity index (χ4v) is 5.54. The van der Waals surface area contributed by atoms with Crippen LogP contribution < -0.4 is 25.8 Å². The number of fused-ring (bicyclic) bond motifs is 3. The zero-order valence-corrected chi connectivity index (χ0v) is 21.2. The van der Waals surface area contributed by atoms with E-state index in [-0.39, 0.29) is 42.1 Å². The summed E-state index contributed by atoms with van der Waals surface area (Å²) in [6, 6.07) is 11.7. The molecule has 0 unspecified atom stereocenters. The molecule has 3 aliphatic rings. The topological polar surface area (TPSA) is 141 Å². The smallest absolute Gasteiger partial charge is 0.416 e. The summed E-state index contributed by atoms with van der Waals surface area (Å²) in [6.45, 7) is 0.861. The van der Waals surface area contributed by atoms with Crippen LogP contribution in [0, 0.1) is 0 Å². The van der Waals surface area contributed by atoms with Crippen molar-refractivity contribution in [3.63, 3.8) is 0 Å². The first-order valence-electron chi connectivity index (χ1n) is 12.8. The molecule has 0 bridgehead atoms. The van der Waals surface area contributed by atoms with Crippen LogP contribution in [0.3, 0.4) is 0 Å². The Bertz CT molecular complexity index is 1540. The molecule has 6 rings (SSSR count). The van der Waals surface area contributed by atoms with Crippen molar-refractivity contribution in [1.82, 2.24) is 14.9 Å². The van der Waals surface area contributed by atoms with E-state index < -0.39 is 12.1 Å². The molecule has 0 spiro atoms. The number of aromatic nitrogens is 2. The monoisotopic (exact) mass is 533 g/mol. The minimum atomic E-state index is -0.468. The minimum Gasteiger partial charge on any atom is -0.480 e. The number of benzene rings is 1. The third kappa shape index (κ3) is 4.67. The molecule has 2 fully saturated rings. The van der Waals surface area contributed by atoms with Gasteiger partial charge < -0.3 is 29.4 Å². The van der Waals surface area contributed by atoms with Gasteiger partial charge in [-0.05, 0) is 48.6 Å². The Balaban J connectivity index is 1.11. The number of hydrogen-bond donors (Lipinski definition) is 2. The summed E-state index contributed by atoms with van der Waals surface area (Å²) < 4.78 is 17.5. The lowest BCUT2D eigenvalue weighted by Gasteiger charge is -2.33. The van der Waals surface area contributed by atoms with Gasteiger partial charge in [0.05, 0.1) is 24.2 Å². The maximum absolute atomic E-state index is 12.8. The van der Waals surface area contributed by atoms with Gasteiger partial charge >= 0.3 is 12.1 Å². The van der Waals surface area contributed by atoms with E-state index in [1.54, 1.807) is 45.9 Å². The number of hydrogen-bond acceptors (Lipinski definition) is 9. The van der Waals surface area contributed by atoms with Crippen LogP contribution in [0.2, 0.25) is 0 Å². The first-order chi connectivity index (χ1) is 18.9. The summed E-state index contributed by atoms with van der Waals surface area (Å²) in [5.74, 6) is 0.402. The van der Waals surface area contributed by atoms with Gasteiger partial charge in [0, 0.05) is 31.6 Å². The molecule has 1 saturated heterocycles. The Hall–Kier alpha value is -4.45. The van der Waals surface area contributed by atoms with Crippen molar-refractivity contribution in [2.75, 3.05) is 30.5 Å². The number of rotatable bonds is 6. The molecule has 1 aromatic carbocycles. The highest BCUT2D eigenvalue weighted by Gasteiger charge is 2.46. The van der Waals surface area contributed by atoms with Gasteiger partial charge in [-0.15, -0.1) is 0 Å². The molecule has 2 aromatic heterocycles. The first-order valence-corrected chi connectivity index (χ1v) is 12.8. The molecule has 3 aromatic rings. The summed E-state index contributed by atoms with van der Waals surface area (Å²) >= 11 is 0. The summed E-state index contributed by atoms with van der Waals surface area (Å²) in [6.07, 6.45) is 1.34. The molecule has 2 amide bonds. The molecule has 202 valence electrons. The lowest BCUT2D eigenvalue weighted by Crippen LogP contribution is -2.46. The largest absolute Gasteiger partial charge is 0.480 e. The van der Waals surface area contributed by atoms with Crippen molar-refractivity contribution in [3.05, 3.63) is 58.4 Å². The Morgan fingerprint density at radius 2 is 2.00 bits per heavy atom. The van der Waals surface area contributed by atoms with E-state index in [4.69, 9.17) is 14.2 Å². The lowest BCUT2D eigenvalue weighted by atomic mass is 9.88. The standard InChI is InChI=1S/C27H27N5O7/c1-37-26(35)16-3-2-15-4-9-24(34)31(19(15)12-16)11-10-28-17-5-6-18-21(13-17)39-27(36)32(18)22-8-7-20-25(29-22)30-23(33)14-38-20/h2-4,7-9,12,17-18,21,28H,5-6,10-11,13-14H2,1H3,(H,29,30,33)/t17-,18-,21-/m1/s1. The molecule has 1 aliphatic carbocycles. The third-order valence-corrected chi connectivity index (χ3v) is 7.43. The Morgan fingerprint density at radius 1 is 1.15 bits per heavy atom. The maximum Gasteiger partial charge on any atom is 0.416 e. The summed E-state index contributed by atoms with van der Waals surface area (Å²) in [4.78, 5) is 55.1. The Morgan fingerprint density at radius 3 is 2.85 bits per heavy atom. The number of methoxy groups -OCH3 is 1. The van der Waals surface area contributed by atoms with Gasteiger partial charge in [-0.2, -0.15) is 0 Å². The van der Waals surface area contributed by atoms with Crippen LogP contribution in [0.1, 0.15) is 29.6 Å². The van der Waals surface area contributed by atoms with E-state index in [0.717, 1.165) is 11.8 Å². The molecule has 12 nitrogen and oxygen atoms in total. The fraction of sp³-hybridized carbons (Fsp3) is 0.370. The molecule has 4 heterocycles. The second kappa shape index (κ2) is 10.0. The predicted octanol–water partition coefficient (Wildman–Crippen LogP) is 2.05. The molecule has 1 saturated carbocycles. The number of ether oxygens (including phenoxy) is 3. The van der Waals surface area contributed by atoms with Crippen molar-refractivity contribution < 1.29 is 28.6 Å². The van der Waals surface area contributed by atoms with Gasteiger partial charge in [0.15, 0.2) is 18.2 Å². The molecule has 0 radical (unpaired) electrons. The molecular weight excluding hydrogens is 506 g/mol. The third-order valence-electron chi connectivity index (χ3n) is 7.43. The molecule has 2 aliphatic heterocycles. The van der Waals surface area contributed by atoms with Crippen molar-refractivity contribution in [1.29, 1.82) is 0 Å². The van der Waals surface area contributed by atoms with E-state index >= 15 is 0 Å². The van der Waals surface area contributed by atoms with Crippen LogP contribution in [0.15, 0.2) is 47.3 Å². The molecule has 12 heteroatoms. The van der Waals surface area contributed by atoms with Gasteiger partial charge in [-0.3, -0.25) is 14.5 Å². The maximum atomic E-state index is 12.8. The number of carbonyl (C=O) groups excluding carboxylic acids is 3. The molecule has 3 atom stereocenters. The van der Waals surface area contributed by atoms with E-state index in [1.807, 2.05) is 0 Å². The van der Waals surface area contributed by atoms with Crippen molar-refractivity contribution in [3.8, 4) is 5.75 Å². The average Bonchev–Trinajstić information content (AvgIpc) is 3.27. The number of esters is 1. The van der Waals surface area contributed by atoms with Crippen LogP contribution in [0.5, 0.6) is 5.75 Å². The quantitative estimate of drug-likeness (QED) is 0.456. The van der Waals surface area contributed by atoms with Crippen molar-refractivity contribution >= 4 is 40.5 Å². The summed E-state index contributed by atoms with van der Waals surface area (Å²) in [5.41, 5.74) is 0.886. The van der Waals surface area contributed by atoms with Crippen molar-refractivity contribution in [2.45, 2.75) is 44.0 Å². The lowest BCUT2D eigenvalue weighted by molar-refractivity contribution is -0.118. The summed E-state index contributed by atoms with van der Waals surface area (Å²) in [5, 5.41) is 7.02. The zero-order chi connectivity index (χ0) is 27.1. The Kier molecular flexibility index (Phi) is 6.39. The number of anilines is 2. The highest BCUT2D eigenvalue weighted by Crippen LogP contribution is 2.37. The van der Waals surface area contributed by atoms with E-state index in [1.165, 1.54) is 13.2 Å². The summed E-state index contributed by atoms with van der Waals surface area (Å²) in [7, 11) is 1.32. The van der Waals surface area contributed by atoms with Gasteiger partial charge in [-0.25, -0.2) is 14.6 Å². The molecule has 39 heavy (non-hydrogen) atoms. The van der Waals surface area contributed by atoms with Crippen LogP contribution in [0.25, 0.3) is 10.9 Å². The van der Waals surface area contributed by atoms with Crippen LogP contribution >= 0.6 is 0 Å². The Labute approximate surface area is 222 Å². The van der Waals surface area contributed by atoms with Crippen molar-refractivity contribution in [2.24, 2.45) is 0 Å². The van der Waals surface area contributed by atoms with Crippen LogP contribution in [-0.2, 0) is 20.8 Å². The highest BCUT2D eigenvalue weighted by atomic mass is 16.6. The second-order valence-corrected chi connectivity index (χ2v) is 9.77. The van der Waals surface area contributed by atoms with Gasteiger partial charge in [0.25, 0.3) is 11.5 Å². The number of nitrogens with zero attached hydrogens (tertiary/aromatic N) is 3. The van der Waals surface area contributed by atoms with Crippen LogP contribution in [-0.4, -0.2) is 66.0 Å². The highest BCUT2D eigenvalue weighted by molar-refractivity contribution is 5.96. The van der Waals surface area contributed by atoms with Gasteiger partial charge in [0.1, 0.15) is 11.9 Å². The van der Waals surface area contributed by atoms with Crippen LogP contribution in [0.4, 0.5) is 16.4 Å². The van der Waals surface area contributed by atoms with E-state index in [2.05, 4.69) is 15.6 Å². The minimum absolute atomic E-state index is 0.0669. The van der Waals surface area contributed by atoms with Gasteiger partial charge in [0.2, 0.25) is 0 Å². The second-order valence-electron chi connectivity index (χ2n) is 9.77. The predicted molar refractivity (Wildman–Crippen MR) is 140 cm³/mol. The van der Waals surface area contributed by atoms with Gasteiger partial charge in [-0.1, -0.05) is 6.07 Å². The number of pyridine rings is 2. The SMILES string of the molecule is COC(=O)c1ccc2ccc(=O)n(CCN[C@@H]3CC[C@@H]4[C@@H](C3)OC(=O)N4c3ccc4c(n3)NC(=O)CO4)c2c1. The number of carbonyl (C=O) groups is 3. The molecular formula is C27H27N5O7. The number of amides is 2. The normalized spacial score (nSPS) is 22.0. The fourth-order valence-electron chi connectivity index (χ4n) is 5.54. The molecule has 2 N–H and O–H groups in total. The first kappa shape index (κ1) is 24.9. The van der Waals surface area contributed by atoms with E-state index in [0.29, 0.717) is 48.6 Å². The zero-order valence-electron chi connectivity index (χ0n) is 21.2.